The van der Waals surface area contributed by atoms with Gasteiger partial charge in [-0.2, -0.15) is 0 Å². The quantitative estimate of drug-likeness (QED) is 0.703. The lowest BCUT2D eigenvalue weighted by Gasteiger charge is -2.31. The lowest BCUT2D eigenvalue weighted by molar-refractivity contribution is 0.0523. The highest BCUT2D eigenvalue weighted by molar-refractivity contribution is 5.89. The van der Waals surface area contributed by atoms with Crippen LogP contribution in [0.5, 0.6) is 11.5 Å². The summed E-state index contributed by atoms with van der Waals surface area (Å²) >= 11 is 0. The Morgan fingerprint density at radius 3 is 2.57 bits per heavy atom. The van der Waals surface area contributed by atoms with E-state index in [1.165, 1.54) is 6.07 Å². The number of hydrogen-bond donors (Lipinski definition) is 0. The monoisotopic (exact) mass is 385 g/mol. The lowest BCUT2D eigenvalue weighted by atomic mass is 9.90. The zero-order chi connectivity index (χ0) is 20.4. The zero-order valence-corrected chi connectivity index (χ0v) is 17.1. The van der Waals surface area contributed by atoms with E-state index >= 15 is 0 Å². The Balaban J connectivity index is 2.18. The maximum absolute atomic E-state index is 12.6. The van der Waals surface area contributed by atoms with Crippen LogP contribution >= 0.6 is 0 Å². The Morgan fingerprint density at radius 1 is 1.21 bits per heavy atom. The third-order valence-electron chi connectivity index (χ3n) is 4.92. The van der Waals surface area contributed by atoms with E-state index in [1.54, 1.807) is 20.2 Å². The third kappa shape index (κ3) is 3.63. The van der Waals surface area contributed by atoms with Gasteiger partial charge in [0.05, 0.1) is 25.5 Å². The highest BCUT2D eigenvalue weighted by Gasteiger charge is 2.27. The average Bonchev–Trinajstić information content (AvgIpc) is 2.66. The largest absolute Gasteiger partial charge is 0.493 e. The summed E-state index contributed by atoms with van der Waals surface area (Å²) in [7, 11) is 1.60. The molecular formula is C22H27NO5. The number of pyridine rings is 1. The maximum atomic E-state index is 12.6. The molecule has 0 amide bonds. The molecule has 0 saturated carbocycles. The van der Waals surface area contributed by atoms with Crippen molar-refractivity contribution in [2.75, 3.05) is 13.7 Å². The van der Waals surface area contributed by atoms with Crippen LogP contribution in [0.15, 0.2) is 29.2 Å². The van der Waals surface area contributed by atoms with Gasteiger partial charge in [0, 0.05) is 23.9 Å². The average molecular weight is 385 g/mol. The number of rotatable bonds is 6. The van der Waals surface area contributed by atoms with Crippen molar-refractivity contribution in [3.63, 3.8) is 0 Å². The highest BCUT2D eigenvalue weighted by atomic mass is 16.5. The topological polar surface area (TPSA) is 66.8 Å². The van der Waals surface area contributed by atoms with Crippen LogP contribution in [0.25, 0.3) is 11.3 Å². The zero-order valence-electron chi connectivity index (χ0n) is 17.1. The summed E-state index contributed by atoms with van der Waals surface area (Å²) in [6, 6.07) is 5.57. The molecule has 1 aliphatic rings. The SMILES string of the molecule is CCOC(=O)c1cn2c(cc1=O)-c1cc(OC)c(OC(C)C)cc1CC2CC. The van der Waals surface area contributed by atoms with Crippen molar-refractivity contribution in [2.45, 2.75) is 52.7 Å². The Labute approximate surface area is 165 Å². The molecule has 1 atom stereocenters. The van der Waals surface area contributed by atoms with Crippen LogP contribution in [-0.4, -0.2) is 30.4 Å². The van der Waals surface area contributed by atoms with Gasteiger partial charge in [0.15, 0.2) is 16.9 Å². The molecule has 6 nitrogen and oxygen atoms in total. The summed E-state index contributed by atoms with van der Waals surface area (Å²) in [5.74, 6) is 0.739. The van der Waals surface area contributed by atoms with Gasteiger partial charge in [-0.3, -0.25) is 4.79 Å². The van der Waals surface area contributed by atoms with Crippen LogP contribution in [-0.2, 0) is 11.2 Å². The van der Waals surface area contributed by atoms with Gasteiger partial charge in [-0.1, -0.05) is 6.92 Å². The van der Waals surface area contributed by atoms with Gasteiger partial charge in [0.25, 0.3) is 0 Å². The number of carbonyl (C=O) groups is 1. The maximum Gasteiger partial charge on any atom is 0.343 e. The number of benzene rings is 1. The summed E-state index contributed by atoms with van der Waals surface area (Å²) in [5, 5.41) is 0. The first-order chi connectivity index (χ1) is 13.4. The summed E-state index contributed by atoms with van der Waals surface area (Å²) in [6.45, 7) is 7.99. The second kappa shape index (κ2) is 8.09. The first kappa shape index (κ1) is 20.0. The molecule has 2 aromatic rings. The van der Waals surface area contributed by atoms with Crippen LogP contribution in [0, 0.1) is 0 Å². The van der Waals surface area contributed by atoms with Gasteiger partial charge in [-0.15, -0.1) is 0 Å². The van der Waals surface area contributed by atoms with Crippen LogP contribution in [0.1, 0.15) is 56.1 Å². The standard InChI is InChI=1S/C22H27NO5/c1-6-15-8-14-9-21(28-13(3)4)20(26-5)10-16(14)18-11-19(24)17(12-23(15)18)22(25)27-7-2/h9-13,15H,6-8H2,1-5H3. The Bertz CT molecular complexity index is 945. The number of esters is 1. The normalized spacial score (nSPS) is 15.0. The van der Waals surface area contributed by atoms with E-state index in [-0.39, 0.29) is 29.7 Å². The number of nitrogens with zero attached hydrogens (tertiary/aromatic N) is 1. The number of aromatic nitrogens is 1. The smallest absolute Gasteiger partial charge is 0.343 e. The molecule has 0 N–H and O–H groups in total. The van der Waals surface area contributed by atoms with E-state index < -0.39 is 5.97 Å². The lowest BCUT2D eigenvalue weighted by Crippen LogP contribution is -2.26. The number of methoxy groups -OCH3 is 1. The molecular weight excluding hydrogens is 358 g/mol. The minimum absolute atomic E-state index is 0.0274. The van der Waals surface area contributed by atoms with Gasteiger partial charge >= 0.3 is 5.97 Å². The summed E-state index contributed by atoms with van der Waals surface area (Å²) in [4.78, 5) is 24.8. The first-order valence-electron chi connectivity index (χ1n) is 9.70. The van der Waals surface area contributed by atoms with Crippen molar-refractivity contribution in [3.8, 4) is 22.8 Å². The molecule has 1 unspecified atom stereocenters. The molecule has 0 aliphatic carbocycles. The molecule has 3 rings (SSSR count). The fourth-order valence-electron chi connectivity index (χ4n) is 3.64. The predicted molar refractivity (Wildman–Crippen MR) is 107 cm³/mol. The van der Waals surface area contributed by atoms with Gasteiger partial charge in [-0.05, 0) is 51.3 Å². The molecule has 1 aromatic heterocycles. The fraction of sp³-hybridized carbons (Fsp3) is 0.455. The van der Waals surface area contributed by atoms with Gasteiger partial charge in [-0.25, -0.2) is 4.79 Å². The number of hydrogen-bond acceptors (Lipinski definition) is 5. The molecule has 28 heavy (non-hydrogen) atoms. The molecule has 1 aromatic carbocycles. The molecule has 0 bridgehead atoms. The number of ether oxygens (including phenoxy) is 3. The Hall–Kier alpha value is -2.76. The van der Waals surface area contributed by atoms with Crippen molar-refractivity contribution in [1.29, 1.82) is 0 Å². The second-order valence-corrected chi connectivity index (χ2v) is 7.16. The molecule has 0 fully saturated rings. The van der Waals surface area contributed by atoms with E-state index in [0.29, 0.717) is 11.5 Å². The fourth-order valence-corrected chi connectivity index (χ4v) is 3.64. The van der Waals surface area contributed by atoms with Crippen molar-refractivity contribution < 1.29 is 19.0 Å². The highest BCUT2D eigenvalue weighted by Crippen LogP contribution is 2.41. The van der Waals surface area contributed by atoms with Crippen LogP contribution in [0.4, 0.5) is 0 Å². The predicted octanol–water partition coefficient (Wildman–Crippen LogP) is 4.00. The van der Waals surface area contributed by atoms with Crippen molar-refractivity contribution >= 4 is 5.97 Å². The molecule has 2 heterocycles. The summed E-state index contributed by atoms with van der Waals surface area (Å²) in [6.07, 6.45) is 3.31. The molecule has 6 heteroatoms. The van der Waals surface area contributed by atoms with Gasteiger partial charge in [0.2, 0.25) is 0 Å². The van der Waals surface area contributed by atoms with Gasteiger partial charge < -0.3 is 18.8 Å². The van der Waals surface area contributed by atoms with Crippen LogP contribution in [0.2, 0.25) is 0 Å². The summed E-state index contributed by atoms with van der Waals surface area (Å²) < 4.78 is 18.5. The minimum Gasteiger partial charge on any atom is -0.493 e. The van der Waals surface area contributed by atoms with Crippen LogP contribution in [0.3, 0.4) is 0 Å². The number of carbonyl (C=O) groups excluding carboxylic acids is 1. The van der Waals surface area contributed by atoms with E-state index in [9.17, 15) is 9.59 Å². The van der Waals surface area contributed by atoms with Crippen molar-refractivity contribution in [3.05, 3.63) is 45.7 Å². The van der Waals surface area contributed by atoms with Gasteiger partial charge in [0.1, 0.15) is 5.56 Å². The molecule has 0 saturated heterocycles. The van der Waals surface area contributed by atoms with Crippen molar-refractivity contribution in [1.82, 2.24) is 4.57 Å². The van der Waals surface area contributed by atoms with E-state index in [2.05, 4.69) is 6.92 Å². The van der Waals surface area contributed by atoms with E-state index in [1.807, 2.05) is 30.5 Å². The van der Waals surface area contributed by atoms with E-state index in [0.717, 1.165) is 29.7 Å². The van der Waals surface area contributed by atoms with Crippen molar-refractivity contribution in [2.24, 2.45) is 0 Å². The molecule has 150 valence electrons. The van der Waals surface area contributed by atoms with Crippen LogP contribution < -0.4 is 14.9 Å². The molecule has 0 radical (unpaired) electrons. The second-order valence-electron chi connectivity index (χ2n) is 7.16. The van der Waals surface area contributed by atoms with E-state index in [4.69, 9.17) is 14.2 Å². The third-order valence-corrected chi connectivity index (χ3v) is 4.92. The number of fused-ring (bicyclic) bond motifs is 3. The minimum atomic E-state index is -0.582. The Morgan fingerprint density at radius 2 is 1.96 bits per heavy atom. The first-order valence-corrected chi connectivity index (χ1v) is 9.70. The molecule has 0 spiro atoms. The molecule has 1 aliphatic heterocycles. The summed E-state index contributed by atoms with van der Waals surface area (Å²) in [5.41, 5.74) is 2.53. The Kier molecular flexibility index (Phi) is 5.77.